The highest BCUT2D eigenvalue weighted by molar-refractivity contribution is 5.91. The Hall–Kier alpha value is -5.29. The highest BCUT2D eigenvalue weighted by Gasteiger charge is 2.54. The summed E-state index contributed by atoms with van der Waals surface area (Å²) in [5.74, 6) is -4.94. The number of methoxy groups -OCH3 is 1. The van der Waals surface area contributed by atoms with Crippen molar-refractivity contribution in [1.82, 2.24) is 0 Å². The monoisotopic (exact) mass is 788 g/mol. The summed E-state index contributed by atoms with van der Waals surface area (Å²) in [4.78, 5) is 85.9. The first-order valence-corrected chi connectivity index (χ1v) is 18.2. The Labute approximate surface area is 323 Å². The predicted octanol–water partition coefficient (Wildman–Crippen LogP) is 3.33. The zero-order valence-corrected chi connectivity index (χ0v) is 32.3. The predicted molar refractivity (Wildman–Crippen MR) is 189 cm³/mol. The minimum Gasteiger partial charge on any atom is -0.494 e. The second-order valence-electron chi connectivity index (χ2n) is 13.5. The molecular formula is C39H48O17. The molecular weight excluding hydrogens is 740 g/mol. The summed E-state index contributed by atoms with van der Waals surface area (Å²) in [5.41, 5.74) is 1.09. The highest BCUT2D eigenvalue weighted by Crippen LogP contribution is 2.41. The van der Waals surface area contributed by atoms with Crippen molar-refractivity contribution in [2.24, 2.45) is 11.8 Å². The van der Waals surface area contributed by atoms with Crippen LogP contribution in [-0.2, 0) is 82.6 Å². The fraction of sp³-hybridized carbons (Fsp3) is 0.564. The summed E-state index contributed by atoms with van der Waals surface area (Å²) < 4.78 is 56.6. The SMILES string of the molecule is CC[C@H]1[C@H](O[C@@H]2O[C@H](COC(C)=O)[C@@H](OC(C)=O)[C@H](OC(C)=O)[C@H]2OC(C)=O)OC=C(C(=O)OC)[C@H]1CC1=CC(=O)C[C@H](CCc2ccc(OC(C)=O)cc2)O1. The summed E-state index contributed by atoms with van der Waals surface area (Å²) in [6.07, 6.45) is -4.67. The van der Waals surface area contributed by atoms with Crippen molar-refractivity contribution in [3.8, 4) is 5.75 Å². The Balaban J connectivity index is 1.59. The number of carbonyl (C=O) groups is 7. The maximum Gasteiger partial charge on any atom is 0.337 e. The number of benzene rings is 1. The molecule has 0 bridgehead atoms. The van der Waals surface area contributed by atoms with Crippen LogP contribution in [0.25, 0.3) is 0 Å². The van der Waals surface area contributed by atoms with Crippen molar-refractivity contribution in [3.63, 3.8) is 0 Å². The molecule has 56 heavy (non-hydrogen) atoms. The van der Waals surface area contributed by atoms with Gasteiger partial charge < -0.3 is 47.4 Å². The average molecular weight is 789 g/mol. The van der Waals surface area contributed by atoms with E-state index in [1.54, 1.807) is 12.1 Å². The molecule has 17 nitrogen and oxygen atoms in total. The Morgan fingerprint density at radius 3 is 2.04 bits per heavy atom. The molecule has 1 aromatic carbocycles. The quantitative estimate of drug-likeness (QED) is 0.142. The van der Waals surface area contributed by atoms with E-state index in [0.29, 0.717) is 30.8 Å². The molecule has 0 saturated carbocycles. The summed E-state index contributed by atoms with van der Waals surface area (Å²) in [7, 11) is 1.22. The molecule has 3 heterocycles. The first kappa shape index (κ1) is 43.4. The Kier molecular flexibility index (Phi) is 15.5. The van der Waals surface area contributed by atoms with Gasteiger partial charge in [-0.3, -0.25) is 28.8 Å². The van der Waals surface area contributed by atoms with Gasteiger partial charge in [-0.25, -0.2) is 4.79 Å². The lowest BCUT2D eigenvalue weighted by Crippen LogP contribution is -2.63. The molecule has 4 rings (SSSR count). The number of aryl methyl sites for hydroxylation is 1. The van der Waals surface area contributed by atoms with Crippen LogP contribution in [-0.4, -0.2) is 98.4 Å². The van der Waals surface area contributed by atoms with E-state index in [1.807, 2.05) is 19.1 Å². The average Bonchev–Trinajstić information content (AvgIpc) is 3.11. The summed E-state index contributed by atoms with van der Waals surface area (Å²) >= 11 is 0. The number of allylic oxidation sites excluding steroid dienone is 2. The fourth-order valence-electron chi connectivity index (χ4n) is 6.82. The molecule has 3 aliphatic rings. The molecule has 3 aliphatic heterocycles. The maximum atomic E-state index is 13.1. The molecule has 0 radical (unpaired) electrons. The molecule has 0 amide bonds. The van der Waals surface area contributed by atoms with Gasteiger partial charge in [-0.05, 0) is 37.0 Å². The Bertz CT molecular complexity index is 1680. The van der Waals surface area contributed by atoms with E-state index in [2.05, 4.69) is 0 Å². The molecule has 0 spiro atoms. The van der Waals surface area contributed by atoms with Crippen LogP contribution >= 0.6 is 0 Å². The number of hydrogen-bond donors (Lipinski definition) is 0. The Morgan fingerprint density at radius 2 is 1.45 bits per heavy atom. The van der Waals surface area contributed by atoms with Gasteiger partial charge in [-0.15, -0.1) is 0 Å². The van der Waals surface area contributed by atoms with Gasteiger partial charge in [-0.2, -0.15) is 0 Å². The minimum absolute atomic E-state index is 0.0700. The molecule has 1 saturated heterocycles. The first-order chi connectivity index (χ1) is 26.6. The van der Waals surface area contributed by atoms with E-state index in [-0.39, 0.29) is 24.2 Å². The van der Waals surface area contributed by atoms with E-state index in [9.17, 15) is 33.6 Å². The van der Waals surface area contributed by atoms with Gasteiger partial charge in [0.2, 0.25) is 12.6 Å². The molecule has 306 valence electrons. The van der Waals surface area contributed by atoms with Crippen molar-refractivity contribution in [3.05, 3.63) is 53.5 Å². The minimum atomic E-state index is -1.55. The van der Waals surface area contributed by atoms with Gasteiger partial charge >= 0.3 is 35.8 Å². The summed E-state index contributed by atoms with van der Waals surface area (Å²) in [6, 6.07) is 7.02. The summed E-state index contributed by atoms with van der Waals surface area (Å²) in [5, 5.41) is 0. The van der Waals surface area contributed by atoms with Crippen molar-refractivity contribution >= 4 is 41.6 Å². The van der Waals surface area contributed by atoms with Crippen LogP contribution in [0.3, 0.4) is 0 Å². The molecule has 17 heteroatoms. The van der Waals surface area contributed by atoms with Crippen LogP contribution in [0, 0.1) is 11.8 Å². The number of rotatable bonds is 15. The largest absolute Gasteiger partial charge is 0.494 e. The van der Waals surface area contributed by atoms with Gasteiger partial charge in [0.25, 0.3) is 0 Å². The van der Waals surface area contributed by atoms with Crippen LogP contribution in [0.5, 0.6) is 5.75 Å². The van der Waals surface area contributed by atoms with Crippen LogP contribution in [0.4, 0.5) is 0 Å². The zero-order chi connectivity index (χ0) is 41.1. The number of esters is 6. The Morgan fingerprint density at radius 1 is 0.804 bits per heavy atom. The summed E-state index contributed by atoms with van der Waals surface area (Å²) in [6.45, 7) is 7.15. The number of ether oxygens (including phenoxy) is 10. The maximum absolute atomic E-state index is 13.1. The van der Waals surface area contributed by atoms with E-state index in [1.165, 1.54) is 26.4 Å². The number of carbonyl (C=O) groups excluding carboxylic acids is 7. The van der Waals surface area contributed by atoms with Crippen LogP contribution in [0.1, 0.15) is 72.8 Å². The molecule has 1 aromatic rings. The third-order valence-corrected chi connectivity index (χ3v) is 9.13. The molecule has 9 atom stereocenters. The molecule has 1 fully saturated rings. The van der Waals surface area contributed by atoms with E-state index in [4.69, 9.17) is 47.4 Å². The van der Waals surface area contributed by atoms with Gasteiger partial charge in [0, 0.05) is 65.4 Å². The lowest BCUT2D eigenvalue weighted by atomic mass is 9.79. The van der Waals surface area contributed by atoms with Crippen molar-refractivity contribution < 1.29 is 80.9 Å². The third kappa shape index (κ3) is 12.1. The fourth-order valence-corrected chi connectivity index (χ4v) is 6.82. The van der Waals surface area contributed by atoms with E-state index < -0.39 is 97.4 Å². The highest BCUT2D eigenvalue weighted by atomic mass is 16.8. The van der Waals surface area contributed by atoms with E-state index in [0.717, 1.165) is 33.3 Å². The molecule has 0 aliphatic carbocycles. The third-order valence-electron chi connectivity index (χ3n) is 9.13. The number of hydrogen-bond acceptors (Lipinski definition) is 17. The van der Waals surface area contributed by atoms with Crippen LogP contribution < -0.4 is 4.74 Å². The smallest absolute Gasteiger partial charge is 0.337 e. The number of ketones is 1. The van der Waals surface area contributed by atoms with Crippen LogP contribution in [0.2, 0.25) is 0 Å². The van der Waals surface area contributed by atoms with Crippen LogP contribution in [0.15, 0.2) is 47.9 Å². The van der Waals surface area contributed by atoms with Gasteiger partial charge in [-0.1, -0.05) is 19.1 Å². The molecule has 0 N–H and O–H groups in total. The first-order valence-electron chi connectivity index (χ1n) is 18.2. The van der Waals surface area contributed by atoms with Gasteiger partial charge in [0.05, 0.1) is 18.9 Å². The molecule has 0 unspecified atom stereocenters. The van der Waals surface area contributed by atoms with Crippen molar-refractivity contribution in [1.29, 1.82) is 0 Å². The second-order valence-corrected chi connectivity index (χ2v) is 13.5. The normalized spacial score (nSPS) is 27.2. The van der Waals surface area contributed by atoms with Crippen molar-refractivity contribution in [2.75, 3.05) is 13.7 Å². The standard InChI is InChI=1S/C39H48O17/c1-8-30-31(17-29-16-26(45)15-28(54-29)14-11-25-9-12-27(13-10-25)50-21(3)41)32(37(46)47-7)18-49-38(30)56-39-36(53-24(6)44)35(52-23(5)43)34(51-22(4)42)33(55-39)19-48-20(2)40/h9-10,12-13,16,18,28,30-31,33-36,38-39H,8,11,14-15,17,19H2,1-7H3/t28-,30+,31-,33+,34+,35-,36+,38-,39-/m0/s1. The topological polar surface area (TPSA) is 212 Å². The van der Waals surface area contributed by atoms with Gasteiger partial charge in [0.15, 0.2) is 24.1 Å². The molecule has 0 aromatic heterocycles. The van der Waals surface area contributed by atoms with E-state index >= 15 is 0 Å². The lowest BCUT2D eigenvalue weighted by molar-refractivity contribution is -0.344. The zero-order valence-electron chi connectivity index (χ0n) is 32.3. The van der Waals surface area contributed by atoms with Crippen molar-refractivity contribution in [2.45, 2.75) is 117 Å². The lowest BCUT2D eigenvalue weighted by Gasteiger charge is -2.46. The van der Waals surface area contributed by atoms with Gasteiger partial charge in [0.1, 0.15) is 30.3 Å². The second kappa shape index (κ2) is 20.0.